The Balaban J connectivity index is 2.13. The maximum atomic E-state index is 2.48. The van der Waals surface area contributed by atoms with Crippen LogP contribution in [0.5, 0.6) is 0 Å². The molecule has 0 bridgehead atoms. The monoisotopic (exact) mass is 173 g/mol. The fraction of sp³-hybridized carbons (Fsp3) is 0.500. The van der Waals surface area contributed by atoms with Crippen molar-refractivity contribution >= 4 is 5.69 Å². The van der Waals surface area contributed by atoms with E-state index in [0.29, 0.717) is 0 Å². The van der Waals surface area contributed by atoms with Crippen LogP contribution < -0.4 is 4.90 Å². The SMILES string of the molecule is CN1c2ccccc2[C@H]2CCC[C@H]21. The summed E-state index contributed by atoms with van der Waals surface area (Å²) < 4.78 is 0. The van der Waals surface area contributed by atoms with Crippen LogP contribution in [0.1, 0.15) is 30.7 Å². The van der Waals surface area contributed by atoms with E-state index in [-0.39, 0.29) is 0 Å². The van der Waals surface area contributed by atoms with Crippen LogP contribution in [0.4, 0.5) is 5.69 Å². The molecule has 0 saturated heterocycles. The molecule has 1 nitrogen and oxygen atoms in total. The molecule has 0 spiro atoms. The number of nitrogens with zero attached hydrogens (tertiary/aromatic N) is 1. The van der Waals surface area contributed by atoms with Crippen molar-refractivity contribution in [2.45, 2.75) is 31.2 Å². The summed E-state index contributed by atoms with van der Waals surface area (Å²) >= 11 is 0. The molecule has 2 aliphatic rings. The average molecular weight is 173 g/mol. The summed E-state index contributed by atoms with van der Waals surface area (Å²) in [6.07, 6.45) is 4.19. The predicted octanol–water partition coefficient (Wildman–Crippen LogP) is 2.77. The zero-order valence-electron chi connectivity index (χ0n) is 8.03. The van der Waals surface area contributed by atoms with E-state index in [2.05, 4.69) is 36.2 Å². The maximum absolute atomic E-state index is 2.48. The Morgan fingerprint density at radius 1 is 1.23 bits per heavy atom. The number of likely N-dealkylation sites (N-methyl/N-ethyl adjacent to an activating group) is 1. The smallest absolute Gasteiger partial charge is 0.0402 e. The van der Waals surface area contributed by atoms with E-state index < -0.39 is 0 Å². The first-order chi connectivity index (χ1) is 6.38. The summed E-state index contributed by atoms with van der Waals surface area (Å²) in [5, 5.41) is 0. The first-order valence-corrected chi connectivity index (χ1v) is 5.19. The van der Waals surface area contributed by atoms with Crippen molar-refractivity contribution in [3.63, 3.8) is 0 Å². The Morgan fingerprint density at radius 2 is 2.08 bits per heavy atom. The van der Waals surface area contributed by atoms with Gasteiger partial charge in [-0.15, -0.1) is 0 Å². The molecule has 0 aromatic heterocycles. The minimum Gasteiger partial charge on any atom is -0.371 e. The van der Waals surface area contributed by atoms with Gasteiger partial charge in [-0.1, -0.05) is 24.6 Å². The molecule has 2 atom stereocenters. The molecule has 1 aromatic carbocycles. The summed E-state index contributed by atoms with van der Waals surface area (Å²) in [7, 11) is 2.24. The van der Waals surface area contributed by atoms with E-state index >= 15 is 0 Å². The molecule has 1 heteroatoms. The van der Waals surface area contributed by atoms with Gasteiger partial charge >= 0.3 is 0 Å². The number of hydrogen-bond acceptors (Lipinski definition) is 1. The minimum atomic E-state index is 0.803. The molecular weight excluding hydrogens is 158 g/mol. The number of benzene rings is 1. The fourth-order valence-corrected chi connectivity index (χ4v) is 3.07. The van der Waals surface area contributed by atoms with Crippen molar-refractivity contribution in [1.29, 1.82) is 0 Å². The molecule has 1 saturated carbocycles. The average Bonchev–Trinajstić information content (AvgIpc) is 2.72. The summed E-state index contributed by atoms with van der Waals surface area (Å²) in [6, 6.07) is 9.69. The normalized spacial score (nSPS) is 30.4. The van der Waals surface area contributed by atoms with Gasteiger partial charge in [0.25, 0.3) is 0 Å². The van der Waals surface area contributed by atoms with Crippen LogP contribution in [0.3, 0.4) is 0 Å². The van der Waals surface area contributed by atoms with Crippen molar-refractivity contribution in [3.8, 4) is 0 Å². The second-order valence-corrected chi connectivity index (χ2v) is 4.27. The molecule has 3 rings (SSSR count). The highest BCUT2D eigenvalue weighted by Gasteiger charge is 2.38. The van der Waals surface area contributed by atoms with Crippen molar-refractivity contribution in [3.05, 3.63) is 29.8 Å². The van der Waals surface area contributed by atoms with Gasteiger partial charge in [-0.2, -0.15) is 0 Å². The topological polar surface area (TPSA) is 3.24 Å². The molecular formula is C12H15N. The van der Waals surface area contributed by atoms with Crippen LogP contribution in [0.2, 0.25) is 0 Å². The number of fused-ring (bicyclic) bond motifs is 3. The molecule has 1 aliphatic carbocycles. The molecule has 13 heavy (non-hydrogen) atoms. The zero-order chi connectivity index (χ0) is 8.84. The highest BCUT2D eigenvalue weighted by molar-refractivity contribution is 5.61. The molecule has 0 amide bonds. The van der Waals surface area contributed by atoms with Gasteiger partial charge in [-0.25, -0.2) is 0 Å². The fourth-order valence-electron chi connectivity index (χ4n) is 3.07. The van der Waals surface area contributed by atoms with Gasteiger partial charge in [0.15, 0.2) is 0 Å². The van der Waals surface area contributed by atoms with Gasteiger partial charge in [0.1, 0.15) is 0 Å². The number of para-hydroxylation sites is 1. The van der Waals surface area contributed by atoms with E-state index in [1.807, 2.05) is 0 Å². The van der Waals surface area contributed by atoms with Gasteiger partial charge in [-0.3, -0.25) is 0 Å². The molecule has 0 unspecified atom stereocenters. The van der Waals surface area contributed by atoms with Gasteiger partial charge in [0, 0.05) is 24.7 Å². The summed E-state index contributed by atoms with van der Waals surface area (Å²) in [5.74, 6) is 0.834. The zero-order valence-corrected chi connectivity index (χ0v) is 8.03. The quantitative estimate of drug-likeness (QED) is 0.583. The largest absolute Gasteiger partial charge is 0.371 e. The second kappa shape index (κ2) is 2.50. The Labute approximate surface area is 79.4 Å². The third-order valence-corrected chi connectivity index (χ3v) is 3.69. The van der Waals surface area contributed by atoms with E-state index in [9.17, 15) is 0 Å². The molecule has 0 radical (unpaired) electrons. The second-order valence-electron chi connectivity index (χ2n) is 4.27. The first kappa shape index (κ1) is 7.43. The summed E-state index contributed by atoms with van der Waals surface area (Å²) in [5.41, 5.74) is 3.06. The number of hydrogen-bond donors (Lipinski definition) is 0. The Morgan fingerprint density at radius 3 is 3.00 bits per heavy atom. The van der Waals surface area contributed by atoms with Gasteiger partial charge in [0.2, 0.25) is 0 Å². The van der Waals surface area contributed by atoms with Crippen LogP contribution in [0.15, 0.2) is 24.3 Å². The Bertz CT molecular complexity index is 332. The van der Waals surface area contributed by atoms with E-state index in [1.165, 1.54) is 24.9 Å². The Hall–Kier alpha value is -0.980. The van der Waals surface area contributed by atoms with Crippen molar-refractivity contribution in [1.82, 2.24) is 0 Å². The highest BCUT2D eigenvalue weighted by atomic mass is 15.2. The highest BCUT2D eigenvalue weighted by Crippen LogP contribution is 2.47. The minimum absolute atomic E-state index is 0.803. The lowest BCUT2D eigenvalue weighted by atomic mass is 9.98. The molecule has 0 N–H and O–H groups in total. The maximum Gasteiger partial charge on any atom is 0.0402 e. The van der Waals surface area contributed by atoms with Crippen molar-refractivity contribution in [2.75, 3.05) is 11.9 Å². The summed E-state index contributed by atoms with van der Waals surface area (Å²) in [4.78, 5) is 2.48. The van der Waals surface area contributed by atoms with Gasteiger partial charge in [-0.05, 0) is 24.5 Å². The summed E-state index contributed by atoms with van der Waals surface area (Å²) in [6.45, 7) is 0. The van der Waals surface area contributed by atoms with Crippen molar-refractivity contribution < 1.29 is 0 Å². The number of rotatable bonds is 0. The molecule has 1 aromatic rings. The van der Waals surface area contributed by atoms with Gasteiger partial charge in [0.05, 0.1) is 0 Å². The van der Waals surface area contributed by atoms with Gasteiger partial charge < -0.3 is 4.90 Å². The third-order valence-electron chi connectivity index (χ3n) is 3.69. The molecule has 1 heterocycles. The lowest BCUT2D eigenvalue weighted by molar-refractivity contribution is 0.625. The van der Waals surface area contributed by atoms with E-state index in [0.717, 1.165) is 12.0 Å². The predicted molar refractivity (Wildman–Crippen MR) is 55.2 cm³/mol. The van der Waals surface area contributed by atoms with Crippen LogP contribution in [0.25, 0.3) is 0 Å². The van der Waals surface area contributed by atoms with Crippen molar-refractivity contribution in [2.24, 2.45) is 0 Å². The standard InChI is InChI=1S/C12H15N/c1-13-11-7-3-2-5-9(11)10-6-4-8-12(10)13/h2-3,5,7,10,12H,4,6,8H2,1H3/t10-,12-/m1/s1. The lowest BCUT2D eigenvalue weighted by Crippen LogP contribution is -2.26. The van der Waals surface area contributed by atoms with E-state index in [4.69, 9.17) is 0 Å². The van der Waals surface area contributed by atoms with Crippen LogP contribution in [-0.2, 0) is 0 Å². The number of anilines is 1. The molecule has 68 valence electrons. The van der Waals surface area contributed by atoms with E-state index in [1.54, 1.807) is 5.56 Å². The molecule has 1 fully saturated rings. The Kier molecular flexibility index (Phi) is 1.43. The van der Waals surface area contributed by atoms with Crippen LogP contribution >= 0.6 is 0 Å². The third kappa shape index (κ3) is 0.874. The lowest BCUT2D eigenvalue weighted by Gasteiger charge is -2.21. The van der Waals surface area contributed by atoms with Crippen LogP contribution in [-0.4, -0.2) is 13.1 Å². The molecule has 1 aliphatic heterocycles. The first-order valence-electron chi connectivity index (χ1n) is 5.19. The van der Waals surface area contributed by atoms with Crippen LogP contribution in [0, 0.1) is 0 Å².